The van der Waals surface area contributed by atoms with Gasteiger partial charge in [0.05, 0.1) is 28.3 Å². The number of hydrogen-bond acceptors (Lipinski definition) is 6. The van der Waals surface area contributed by atoms with Crippen LogP contribution in [0.25, 0.3) is 32.9 Å². The smallest absolute Gasteiger partial charge is 0.488 e. The minimum atomic E-state index is -1.20. The monoisotopic (exact) mass is 624 g/mol. The van der Waals surface area contributed by atoms with E-state index in [-0.39, 0.29) is 23.8 Å². The lowest BCUT2D eigenvalue weighted by molar-refractivity contribution is -0.135. The lowest BCUT2D eigenvalue weighted by Crippen LogP contribution is -2.50. The molecule has 2 amide bonds. The molecule has 46 heavy (non-hydrogen) atoms. The molecule has 1 aromatic heterocycles. The van der Waals surface area contributed by atoms with Gasteiger partial charge in [0.2, 0.25) is 5.91 Å². The Morgan fingerprint density at radius 2 is 1.80 bits per heavy atom. The van der Waals surface area contributed by atoms with Crippen LogP contribution in [-0.4, -0.2) is 62.9 Å². The minimum Gasteiger partial charge on any atom is -0.488 e. The lowest BCUT2D eigenvalue weighted by atomic mass is 9.77. The summed E-state index contributed by atoms with van der Waals surface area (Å²) in [6.07, 6.45) is -0.463. The number of benzene rings is 3. The average Bonchev–Trinajstić information content (AvgIpc) is 3.66. The van der Waals surface area contributed by atoms with Gasteiger partial charge in [-0.2, -0.15) is 0 Å². The van der Waals surface area contributed by atoms with Gasteiger partial charge in [-0.25, -0.2) is 9.78 Å². The number of nitrogens with zero attached hydrogens (tertiary/aromatic N) is 2. The summed E-state index contributed by atoms with van der Waals surface area (Å²) in [7, 11) is -0.436. The Balaban J connectivity index is 1.21. The Morgan fingerprint density at radius 3 is 2.50 bits per heavy atom. The Morgan fingerprint density at radius 1 is 1.07 bits per heavy atom. The van der Waals surface area contributed by atoms with Crippen LogP contribution in [0.5, 0.6) is 5.75 Å². The second kappa shape index (κ2) is 10.7. The number of ether oxygens (including phenoxy) is 1. The zero-order valence-electron chi connectivity index (χ0n) is 27.4. The van der Waals surface area contributed by atoms with E-state index in [4.69, 9.17) is 19.0 Å². The fraction of sp³-hybridized carbons (Fsp3) is 0.457. The normalized spacial score (nSPS) is 22.2. The highest BCUT2D eigenvalue weighted by molar-refractivity contribution is 6.62. The Hall–Kier alpha value is -4.09. The van der Waals surface area contributed by atoms with E-state index in [2.05, 4.69) is 81.3 Å². The summed E-state index contributed by atoms with van der Waals surface area (Å²) in [6.45, 7) is 15.0. The summed E-state index contributed by atoms with van der Waals surface area (Å²) in [6, 6.07) is 13.6. The second-order valence-electron chi connectivity index (χ2n) is 14.5. The largest absolute Gasteiger partial charge is 0.494 e. The maximum absolute atomic E-state index is 13.6. The van der Waals surface area contributed by atoms with Gasteiger partial charge in [-0.15, -0.1) is 0 Å². The van der Waals surface area contributed by atoms with E-state index in [9.17, 15) is 14.7 Å². The topological polar surface area (TPSA) is 126 Å². The molecule has 3 N–H and O–H groups in total. The number of carbonyl (C=O) groups is 2. The third kappa shape index (κ3) is 5.00. The number of nitrogens with one attached hydrogen (secondary N) is 2. The maximum atomic E-state index is 13.6. The molecule has 3 aliphatic rings. The molecule has 4 heterocycles. The highest BCUT2D eigenvalue weighted by atomic mass is 16.7. The number of H-pyrrole nitrogens is 1. The van der Waals surface area contributed by atoms with E-state index in [0.29, 0.717) is 19.0 Å². The molecule has 1 unspecified atom stereocenters. The molecular weight excluding hydrogens is 583 g/mol. The predicted molar refractivity (Wildman–Crippen MR) is 177 cm³/mol. The summed E-state index contributed by atoms with van der Waals surface area (Å²) < 4.78 is 18.9. The van der Waals surface area contributed by atoms with Crippen LogP contribution in [0.4, 0.5) is 4.79 Å². The van der Waals surface area contributed by atoms with E-state index >= 15 is 0 Å². The molecule has 0 spiro atoms. The number of rotatable bonds is 5. The number of aromatic amines is 1. The highest BCUT2D eigenvalue weighted by Crippen LogP contribution is 2.43. The van der Waals surface area contributed by atoms with Crippen molar-refractivity contribution < 1.29 is 28.7 Å². The van der Waals surface area contributed by atoms with Gasteiger partial charge in [-0.3, -0.25) is 4.79 Å². The third-order valence-corrected chi connectivity index (χ3v) is 10.2. The number of amides is 2. The summed E-state index contributed by atoms with van der Waals surface area (Å²) in [5.74, 6) is 1.34. The Bertz CT molecular complexity index is 1870. The molecule has 3 aromatic carbocycles. The fourth-order valence-corrected chi connectivity index (χ4v) is 6.98. The lowest BCUT2D eigenvalue weighted by Gasteiger charge is -2.32. The average molecular weight is 625 g/mol. The van der Waals surface area contributed by atoms with Crippen LogP contribution in [0.1, 0.15) is 72.3 Å². The van der Waals surface area contributed by atoms with Crippen molar-refractivity contribution in [2.24, 2.45) is 11.8 Å². The van der Waals surface area contributed by atoms with Crippen LogP contribution in [-0.2, 0) is 20.7 Å². The number of fused-ring (bicyclic) bond motifs is 6. The first-order valence-corrected chi connectivity index (χ1v) is 16.1. The van der Waals surface area contributed by atoms with Gasteiger partial charge in [-0.1, -0.05) is 45.0 Å². The van der Waals surface area contributed by atoms with Gasteiger partial charge in [0, 0.05) is 17.5 Å². The van der Waals surface area contributed by atoms with Crippen molar-refractivity contribution >= 4 is 46.4 Å². The van der Waals surface area contributed by atoms with Crippen molar-refractivity contribution in [3.8, 4) is 16.9 Å². The van der Waals surface area contributed by atoms with E-state index in [1.165, 1.54) is 0 Å². The number of aromatic nitrogens is 2. The summed E-state index contributed by atoms with van der Waals surface area (Å²) in [5, 5.41) is 13.8. The number of likely N-dealkylation sites (tertiary alicyclic amines) is 1. The molecule has 3 atom stereocenters. The van der Waals surface area contributed by atoms with E-state index in [0.717, 1.165) is 56.1 Å². The maximum Gasteiger partial charge on any atom is 0.494 e. The molecule has 7 rings (SSSR count). The van der Waals surface area contributed by atoms with Gasteiger partial charge in [-0.05, 0) is 86.1 Å². The first kappa shape index (κ1) is 30.6. The van der Waals surface area contributed by atoms with Crippen LogP contribution in [0.3, 0.4) is 0 Å². The van der Waals surface area contributed by atoms with E-state index < -0.39 is 30.5 Å². The molecular formula is C35H41BN4O6. The van der Waals surface area contributed by atoms with E-state index in [1.807, 2.05) is 19.9 Å². The quantitative estimate of drug-likeness (QED) is 0.241. The molecule has 0 saturated carbocycles. The molecule has 4 aromatic rings. The number of carboxylic acid groups (broad SMARTS) is 1. The van der Waals surface area contributed by atoms with Crippen LogP contribution in [0, 0.1) is 11.8 Å². The van der Waals surface area contributed by atoms with E-state index in [1.54, 1.807) is 4.90 Å². The molecule has 2 saturated heterocycles. The van der Waals surface area contributed by atoms with Crippen molar-refractivity contribution in [1.29, 1.82) is 0 Å². The Kier molecular flexibility index (Phi) is 7.13. The molecule has 3 aliphatic heterocycles. The van der Waals surface area contributed by atoms with Gasteiger partial charge >= 0.3 is 13.2 Å². The van der Waals surface area contributed by atoms with Crippen LogP contribution in [0.15, 0.2) is 42.5 Å². The summed E-state index contributed by atoms with van der Waals surface area (Å²) in [5.41, 5.74) is 5.07. The van der Waals surface area contributed by atoms with Crippen LogP contribution >= 0.6 is 0 Å². The summed E-state index contributed by atoms with van der Waals surface area (Å²) >= 11 is 0. The number of carbonyl (C=O) groups excluding carboxylic acids is 1. The van der Waals surface area contributed by atoms with Crippen molar-refractivity contribution in [1.82, 2.24) is 20.2 Å². The van der Waals surface area contributed by atoms with Crippen molar-refractivity contribution in [2.45, 2.75) is 84.8 Å². The van der Waals surface area contributed by atoms with Crippen molar-refractivity contribution in [3.05, 3.63) is 53.9 Å². The Labute approximate surface area is 268 Å². The van der Waals surface area contributed by atoms with Crippen molar-refractivity contribution in [2.75, 3.05) is 6.54 Å². The highest BCUT2D eigenvalue weighted by Gasteiger charge is 2.52. The summed E-state index contributed by atoms with van der Waals surface area (Å²) in [4.78, 5) is 35.4. The van der Waals surface area contributed by atoms with Gasteiger partial charge in [0.25, 0.3) is 0 Å². The van der Waals surface area contributed by atoms with Crippen molar-refractivity contribution in [3.63, 3.8) is 0 Å². The zero-order valence-corrected chi connectivity index (χ0v) is 27.4. The molecule has 11 heteroatoms. The first-order chi connectivity index (χ1) is 21.7. The van der Waals surface area contributed by atoms with Gasteiger partial charge < -0.3 is 34.4 Å². The van der Waals surface area contributed by atoms with Gasteiger partial charge in [0.15, 0.2) is 0 Å². The number of hydrogen-bond donors (Lipinski definition) is 3. The van der Waals surface area contributed by atoms with Gasteiger partial charge in [0.1, 0.15) is 24.2 Å². The molecule has 0 aliphatic carbocycles. The predicted octanol–water partition coefficient (Wildman–Crippen LogP) is 5.78. The molecule has 2 fully saturated rings. The first-order valence-electron chi connectivity index (χ1n) is 16.1. The standard InChI is InChI=1S/C35H41BN4O6/c1-18(2)29(39-33(42)43)32(41)40-16-19(3)12-27(40)31-37-26-11-8-20-14-25-23-10-9-22(36-45-34(4,5)35(6,7)46-36)13-21(23)17-44-28(25)15-24(20)30(26)38-31/h8-11,13-15,18-19,27,29,39H,12,16-17H2,1-7H3,(H,37,38)(H,42,43)/t19-,27-,29?/m0/s1. The number of imidazole rings is 1. The second-order valence-corrected chi connectivity index (χ2v) is 14.5. The molecule has 10 nitrogen and oxygen atoms in total. The van der Waals surface area contributed by atoms with Crippen LogP contribution in [0.2, 0.25) is 0 Å². The minimum absolute atomic E-state index is 0.189. The third-order valence-electron chi connectivity index (χ3n) is 10.2. The van der Waals surface area contributed by atoms with Crippen LogP contribution < -0.4 is 15.5 Å². The molecule has 240 valence electrons. The zero-order chi connectivity index (χ0) is 32.7. The SMILES string of the molecule is CC(C)C(NC(=O)O)C(=O)N1C[C@@H](C)C[C@H]1c1nc2c(ccc3cc4c(cc32)OCc2cc(B3OC(C)(C)C(C)(C)O3)ccc2-4)[nH]1. The fourth-order valence-electron chi connectivity index (χ4n) is 6.98. The molecule has 0 bridgehead atoms. The molecule has 0 radical (unpaired) electrons.